The highest BCUT2D eigenvalue weighted by atomic mass is 32.1. The van der Waals surface area contributed by atoms with Crippen molar-refractivity contribution in [1.29, 1.82) is 0 Å². The van der Waals surface area contributed by atoms with Crippen molar-refractivity contribution in [3.8, 4) is 0 Å². The molecule has 9 nitrogen and oxygen atoms in total. The second-order valence-corrected chi connectivity index (χ2v) is 8.13. The summed E-state index contributed by atoms with van der Waals surface area (Å²) in [6.45, 7) is 1.76. The van der Waals surface area contributed by atoms with Crippen LogP contribution in [-0.4, -0.2) is 42.5 Å². The molecule has 4 heterocycles. The van der Waals surface area contributed by atoms with E-state index in [-0.39, 0.29) is 24.3 Å². The first-order chi connectivity index (χ1) is 15.1. The number of amides is 4. The lowest BCUT2D eigenvalue weighted by Crippen LogP contribution is -2.28. The first-order valence-electron chi connectivity index (χ1n) is 9.85. The van der Waals surface area contributed by atoms with Gasteiger partial charge in [-0.1, -0.05) is 0 Å². The quantitative estimate of drug-likeness (QED) is 0.638. The number of benzene rings is 1. The number of nitrogens with one attached hydrogen (secondary N) is 2. The van der Waals surface area contributed by atoms with Crippen LogP contribution in [0.1, 0.15) is 21.6 Å². The molecule has 0 saturated carbocycles. The monoisotopic (exact) mass is 437 g/mol. The summed E-state index contributed by atoms with van der Waals surface area (Å²) in [6.07, 6.45) is 3.76. The Hall–Kier alpha value is -3.66. The average Bonchev–Trinajstić information content (AvgIpc) is 3.54. The van der Waals surface area contributed by atoms with Gasteiger partial charge in [-0.25, -0.2) is 9.78 Å². The van der Waals surface area contributed by atoms with Gasteiger partial charge in [-0.05, 0) is 36.2 Å². The van der Waals surface area contributed by atoms with E-state index in [4.69, 9.17) is 4.42 Å². The van der Waals surface area contributed by atoms with Gasteiger partial charge in [-0.15, -0.1) is 11.3 Å². The van der Waals surface area contributed by atoms with Gasteiger partial charge in [0.05, 0.1) is 23.9 Å². The molecule has 2 aliphatic rings. The van der Waals surface area contributed by atoms with E-state index < -0.39 is 0 Å². The van der Waals surface area contributed by atoms with Crippen molar-refractivity contribution in [2.24, 2.45) is 0 Å². The summed E-state index contributed by atoms with van der Waals surface area (Å²) in [5, 5.41) is 8.02. The first-order valence-corrected chi connectivity index (χ1v) is 10.7. The molecule has 2 aliphatic heterocycles. The van der Waals surface area contributed by atoms with E-state index in [1.165, 1.54) is 23.9 Å². The van der Waals surface area contributed by atoms with Gasteiger partial charge < -0.3 is 20.0 Å². The zero-order valence-electron chi connectivity index (χ0n) is 16.5. The van der Waals surface area contributed by atoms with E-state index in [1.807, 2.05) is 12.1 Å². The number of anilines is 3. The van der Waals surface area contributed by atoms with Crippen molar-refractivity contribution >= 4 is 45.7 Å². The number of furan rings is 1. The van der Waals surface area contributed by atoms with Crippen molar-refractivity contribution in [1.82, 2.24) is 10.3 Å². The number of hydrogen-bond donors (Lipinski definition) is 2. The number of thiazole rings is 1. The molecule has 10 heteroatoms. The molecule has 1 fully saturated rings. The Labute approximate surface area is 181 Å². The van der Waals surface area contributed by atoms with Gasteiger partial charge >= 0.3 is 6.03 Å². The molecular formula is C21H19N5O4S. The van der Waals surface area contributed by atoms with E-state index in [0.29, 0.717) is 41.7 Å². The third-order valence-corrected chi connectivity index (χ3v) is 6.15. The Bertz CT molecular complexity index is 1160. The van der Waals surface area contributed by atoms with Crippen LogP contribution in [0, 0.1) is 0 Å². The van der Waals surface area contributed by atoms with Crippen molar-refractivity contribution < 1.29 is 18.8 Å². The Morgan fingerprint density at radius 2 is 2.16 bits per heavy atom. The van der Waals surface area contributed by atoms with Gasteiger partial charge in [0.25, 0.3) is 5.91 Å². The molecule has 2 aromatic heterocycles. The molecule has 2 N–H and O–H groups in total. The smallest absolute Gasteiger partial charge is 0.323 e. The summed E-state index contributed by atoms with van der Waals surface area (Å²) in [6, 6.07) is 7.02. The third kappa shape index (κ3) is 3.77. The van der Waals surface area contributed by atoms with Crippen LogP contribution in [0.25, 0.3) is 0 Å². The predicted octanol–water partition coefficient (Wildman–Crippen LogP) is 2.65. The maximum absolute atomic E-state index is 12.6. The maximum Gasteiger partial charge on any atom is 0.323 e. The van der Waals surface area contributed by atoms with Crippen LogP contribution in [0.4, 0.5) is 21.3 Å². The van der Waals surface area contributed by atoms with Gasteiger partial charge in [0, 0.05) is 36.4 Å². The van der Waals surface area contributed by atoms with Gasteiger partial charge in [0.1, 0.15) is 6.26 Å². The first kappa shape index (κ1) is 19.3. The van der Waals surface area contributed by atoms with Crippen LogP contribution in [-0.2, 0) is 17.6 Å². The Morgan fingerprint density at radius 3 is 2.94 bits per heavy atom. The minimum Gasteiger partial charge on any atom is -0.472 e. The molecule has 3 aromatic rings. The molecule has 0 bridgehead atoms. The minimum atomic E-state index is -0.188. The second kappa shape index (κ2) is 7.88. The van der Waals surface area contributed by atoms with Crippen LogP contribution in [0.3, 0.4) is 0 Å². The number of aromatic nitrogens is 1. The lowest BCUT2D eigenvalue weighted by Gasteiger charge is -2.16. The fraction of sp³-hybridized carbons (Fsp3) is 0.238. The summed E-state index contributed by atoms with van der Waals surface area (Å²) < 4.78 is 5.01. The van der Waals surface area contributed by atoms with E-state index in [9.17, 15) is 14.4 Å². The highest BCUT2D eigenvalue weighted by molar-refractivity contribution is 7.14. The van der Waals surface area contributed by atoms with Gasteiger partial charge in [-0.2, -0.15) is 0 Å². The number of urea groups is 1. The molecule has 1 saturated heterocycles. The zero-order chi connectivity index (χ0) is 21.4. The van der Waals surface area contributed by atoms with E-state index in [1.54, 1.807) is 27.3 Å². The number of hydrogen-bond acceptors (Lipinski definition) is 6. The van der Waals surface area contributed by atoms with Crippen molar-refractivity contribution in [3.63, 3.8) is 0 Å². The topological polar surface area (TPSA) is 108 Å². The molecule has 4 amide bonds. The predicted molar refractivity (Wildman–Crippen MR) is 116 cm³/mol. The summed E-state index contributed by atoms with van der Waals surface area (Å²) in [4.78, 5) is 44.6. The Balaban J connectivity index is 1.23. The third-order valence-electron chi connectivity index (χ3n) is 5.24. The molecule has 0 aliphatic carbocycles. The highest BCUT2D eigenvalue weighted by Gasteiger charge is 2.27. The molecule has 0 atom stereocenters. The van der Waals surface area contributed by atoms with E-state index >= 15 is 0 Å². The van der Waals surface area contributed by atoms with Crippen LogP contribution < -0.4 is 20.4 Å². The van der Waals surface area contributed by atoms with Crippen LogP contribution in [0.15, 0.2) is 46.6 Å². The van der Waals surface area contributed by atoms with Crippen molar-refractivity contribution in [2.45, 2.75) is 12.8 Å². The van der Waals surface area contributed by atoms with Crippen molar-refractivity contribution in [2.75, 3.05) is 34.8 Å². The lowest BCUT2D eigenvalue weighted by atomic mass is 10.1. The number of nitrogens with zero attached hydrogens (tertiary/aromatic N) is 3. The number of fused-ring (bicyclic) bond motifs is 1. The highest BCUT2D eigenvalue weighted by Crippen LogP contribution is 2.32. The average molecular weight is 437 g/mol. The fourth-order valence-corrected chi connectivity index (χ4v) is 4.61. The SMILES string of the molecule is O=C(Cc1csc(N2CCNC2=O)n1)Nc1ccc2c(c1)CCN2C(=O)c1ccoc1. The van der Waals surface area contributed by atoms with E-state index in [0.717, 1.165) is 17.7 Å². The minimum absolute atomic E-state index is 0.102. The molecular weight excluding hydrogens is 418 g/mol. The Kier molecular flexibility index (Phi) is 4.91. The number of carbonyl (C=O) groups is 3. The molecule has 5 rings (SSSR count). The van der Waals surface area contributed by atoms with E-state index in [2.05, 4.69) is 15.6 Å². The normalized spacial score (nSPS) is 15.2. The zero-order valence-corrected chi connectivity index (χ0v) is 17.3. The summed E-state index contributed by atoms with van der Waals surface area (Å²) >= 11 is 1.35. The van der Waals surface area contributed by atoms with Crippen molar-refractivity contribution in [3.05, 3.63) is 59.0 Å². The molecule has 158 valence electrons. The summed E-state index contributed by atoms with van der Waals surface area (Å²) in [7, 11) is 0. The molecule has 0 unspecified atom stereocenters. The maximum atomic E-state index is 12.6. The largest absolute Gasteiger partial charge is 0.472 e. The van der Waals surface area contributed by atoms with Crippen LogP contribution in [0.5, 0.6) is 0 Å². The number of rotatable bonds is 5. The summed E-state index contributed by atoms with van der Waals surface area (Å²) in [5.74, 6) is -0.290. The fourth-order valence-electron chi connectivity index (χ4n) is 3.76. The van der Waals surface area contributed by atoms with Gasteiger partial charge in [0.15, 0.2) is 5.13 Å². The molecule has 0 radical (unpaired) electrons. The molecule has 31 heavy (non-hydrogen) atoms. The molecule has 1 aromatic carbocycles. The lowest BCUT2D eigenvalue weighted by molar-refractivity contribution is -0.115. The summed E-state index contributed by atoms with van der Waals surface area (Å²) in [5.41, 5.74) is 3.66. The number of carbonyl (C=O) groups excluding carboxylic acids is 3. The van der Waals surface area contributed by atoms with Gasteiger partial charge in [0.2, 0.25) is 5.91 Å². The second-order valence-electron chi connectivity index (χ2n) is 7.29. The standard InChI is InChI=1S/C21H19N5O4S/c27-18(10-16-12-31-21(24-16)26-7-5-22-20(26)29)23-15-1-2-17-13(9-15)3-6-25(17)19(28)14-4-8-30-11-14/h1-2,4,8-9,11-12H,3,5-7,10H2,(H,22,29)(H,23,27). The molecule has 0 spiro atoms. The van der Waals surface area contributed by atoms with Crippen LogP contribution >= 0.6 is 11.3 Å². The van der Waals surface area contributed by atoms with Crippen LogP contribution in [0.2, 0.25) is 0 Å². The Morgan fingerprint density at radius 1 is 1.26 bits per heavy atom. The van der Waals surface area contributed by atoms with Gasteiger partial charge in [-0.3, -0.25) is 14.5 Å².